The van der Waals surface area contributed by atoms with Crippen molar-refractivity contribution in [1.82, 2.24) is 10.2 Å². The van der Waals surface area contributed by atoms with Crippen molar-refractivity contribution in [3.8, 4) is 0 Å². The van der Waals surface area contributed by atoms with Crippen molar-refractivity contribution < 1.29 is 31.1 Å². The third-order valence-electron chi connectivity index (χ3n) is 6.60. The number of aliphatic imine (C=N–C) groups is 1. The van der Waals surface area contributed by atoms with E-state index in [0.717, 1.165) is 24.4 Å². The molecule has 0 aliphatic carbocycles. The molecule has 2 rings (SSSR count). The molecule has 5 N–H and O–H groups in total. The first kappa shape index (κ1) is 36.5. The highest BCUT2D eigenvalue weighted by atomic mass is 19.4. The number of alkyl halides is 3. The maximum Gasteiger partial charge on any atom is 0.432 e. The number of allylic oxidation sites excluding steroid dienone is 3. The highest BCUT2D eigenvalue weighted by Gasteiger charge is 2.33. The molecule has 0 radical (unpaired) electrons. The molecule has 1 amide bonds. The Hall–Kier alpha value is -4.68. The van der Waals surface area contributed by atoms with Crippen LogP contribution in [0.25, 0.3) is 5.57 Å². The van der Waals surface area contributed by atoms with E-state index in [2.05, 4.69) is 16.9 Å². The molecule has 2 atom stereocenters. The zero-order valence-corrected chi connectivity index (χ0v) is 25.3. The number of likely N-dealkylation sites (N-methyl/N-ethyl adjacent to an activating group) is 1. The second-order valence-electron chi connectivity index (χ2n) is 10.6. The van der Waals surface area contributed by atoms with Crippen molar-refractivity contribution >= 4 is 29.2 Å². The van der Waals surface area contributed by atoms with Crippen LogP contribution in [0.1, 0.15) is 43.9 Å². The van der Waals surface area contributed by atoms with Crippen molar-refractivity contribution in [2.24, 2.45) is 16.6 Å². The van der Waals surface area contributed by atoms with Crippen LogP contribution >= 0.6 is 0 Å². The Labute approximate surface area is 258 Å². The van der Waals surface area contributed by atoms with Gasteiger partial charge in [-0.1, -0.05) is 32.6 Å². The molecule has 0 unspecified atom stereocenters. The molecule has 242 valence electrons. The number of rotatable bonds is 14. The van der Waals surface area contributed by atoms with Crippen LogP contribution in [0, 0.1) is 34.2 Å². The molecule has 0 fully saturated rings. The molecule has 13 heteroatoms. The molecule has 0 spiro atoms. The maximum atomic E-state index is 14.4. The quantitative estimate of drug-likeness (QED) is 0.0818. The number of carbonyl (C=O) groups is 1. The second kappa shape index (κ2) is 15.9. The monoisotopic (exact) mass is 634 g/mol. The van der Waals surface area contributed by atoms with Crippen LogP contribution in [-0.4, -0.2) is 53.9 Å². The molecular formula is C32H36F6N6O. The van der Waals surface area contributed by atoms with Gasteiger partial charge in [0.2, 0.25) is 5.91 Å². The average Bonchev–Trinajstić information content (AvgIpc) is 2.93. The Balaban J connectivity index is 2.72. The average molecular weight is 635 g/mol. The van der Waals surface area contributed by atoms with Gasteiger partial charge < -0.3 is 16.0 Å². The molecule has 0 saturated carbocycles. The van der Waals surface area contributed by atoms with Gasteiger partial charge in [-0.2, -0.15) is 13.2 Å². The molecule has 0 heterocycles. The van der Waals surface area contributed by atoms with E-state index in [9.17, 15) is 31.1 Å². The van der Waals surface area contributed by atoms with Crippen molar-refractivity contribution in [2.75, 3.05) is 7.05 Å². The van der Waals surface area contributed by atoms with Crippen LogP contribution in [0.4, 0.5) is 26.3 Å². The number of benzene rings is 2. The maximum absolute atomic E-state index is 14.4. The zero-order chi connectivity index (χ0) is 34.1. The smallest absolute Gasteiger partial charge is 0.384 e. The summed E-state index contributed by atoms with van der Waals surface area (Å²) in [6, 6.07) is 4.52. The second-order valence-corrected chi connectivity index (χ2v) is 10.6. The topological polar surface area (TPSA) is 118 Å². The molecule has 0 aromatic heterocycles. The molecule has 2 aromatic rings. The molecular weight excluding hydrogens is 598 g/mol. The number of nitrogens with zero attached hydrogens (tertiary/aromatic N) is 2. The predicted octanol–water partition coefficient (Wildman–Crippen LogP) is 6.55. The summed E-state index contributed by atoms with van der Waals surface area (Å²) < 4.78 is 81.5. The number of nitrogen functional groups attached to an aromatic ring is 1. The minimum Gasteiger partial charge on any atom is -0.384 e. The van der Waals surface area contributed by atoms with E-state index < -0.39 is 53.2 Å². The van der Waals surface area contributed by atoms with Gasteiger partial charge in [-0.25, -0.2) is 13.2 Å². The van der Waals surface area contributed by atoms with Crippen LogP contribution in [-0.2, 0) is 11.2 Å². The van der Waals surface area contributed by atoms with Crippen LogP contribution in [0.2, 0.25) is 0 Å². The Kier molecular flexibility index (Phi) is 12.9. The fourth-order valence-corrected chi connectivity index (χ4v) is 4.50. The fraction of sp³-hybridized carbons (Fsp3) is 0.312. The number of hydrogen-bond donors (Lipinski definition) is 4. The van der Waals surface area contributed by atoms with E-state index in [-0.39, 0.29) is 41.2 Å². The van der Waals surface area contributed by atoms with E-state index in [4.69, 9.17) is 16.6 Å². The number of halogens is 6. The number of amides is 1. The van der Waals surface area contributed by atoms with Gasteiger partial charge in [0.15, 0.2) is 0 Å². The normalized spacial score (nSPS) is 13.9. The van der Waals surface area contributed by atoms with E-state index in [0.29, 0.717) is 17.7 Å². The van der Waals surface area contributed by atoms with Crippen molar-refractivity contribution in [3.05, 3.63) is 101 Å². The van der Waals surface area contributed by atoms with Crippen molar-refractivity contribution in [2.45, 2.75) is 51.9 Å². The Morgan fingerprint density at radius 3 is 2.24 bits per heavy atom. The van der Waals surface area contributed by atoms with Crippen molar-refractivity contribution in [1.29, 1.82) is 10.8 Å². The predicted molar refractivity (Wildman–Crippen MR) is 165 cm³/mol. The highest BCUT2D eigenvalue weighted by Crippen LogP contribution is 2.28. The molecule has 2 aromatic carbocycles. The Morgan fingerprint density at radius 1 is 1.11 bits per heavy atom. The first-order chi connectivity index (χ1) is 21.0. The first-order valence-electron chi connectivity index (χ1n) is 13.8. The standard InChI is InChI=1S/C32H36F6N6O/c1-6-23(20-8-9-25(35)24(16-20)30(40)41)29(42-7-2)26(15-19-13-21(33)17-22(34)14-19)43-31(45)27(12-18(3)4)44(5)11-10-28(39)32(36,37)38/h6-11,13-14,16-18,26-27,39H,1,12,15H2,2-5H3,(H3,40,41)(H,43,45)/b11-10-,29-23+,39-28?,42-7?/t26-,27+/m0/s1. The summed E-state index contributed by atoms with van der Waals surface area (Å²) in [5.41, 5.74) is 4.66. The minimum absolute atomic E-state index is 0.0916. The Bertz CT molecular complexity index is 1490. The highest BCUT2D eigenvalue weighted by molar-refractivity contribution is 5.97. The van der Waals surface area contributed by atoms with Gasteiger partial charge in [0, 0.05) is 31.1 Å². The third kappa shape index (κ3) is 10.5. The summed E-state index contributed by atoms with van der Waals surface area (Å²) in [5.74, 6) is -3.74. The van der Waals surface area contributed by atoms with E-state index >= 15 is 0 Å². The number of carbonyl (C=O) groups excluding carboxylic acids is 1. The summed E-state index contributed by atoms with van der Waals surface area (Å²) in [5, 5.41) is 17.8. The summed E-state index contributed by atoms with van der Waals surface area (Å²) in [6.45, 7) is 9.03. The number of nitrogens with one attached hydrogen (secondary N) is 3. The molecule has 45 heavy (non-hydrogen) atoms. The third-order valence-corrected chi connectivity index (χ3v) is 6.60. The van der Waals surface area contributed by atoms with Crippen LogP contribution < -0.4 is 11.1 Å². The van der Waals surface area contributed by atoms with Gasteiger partial charge in [0.1, 0.15) is 35.0 Å². The largest absolute Gasteiger partial charge is 0.432 e. The number of hydrogen-bond acceptors (Lipinski definition) is 5. The van der Waals surface area contributed by atoms with Gasteiger partial charge in [0.25, 0.3) is 0 Å². The lowest BCUT2D eigenvalue weighted by Gasteiger charge is -2.30. The first-order valence-corrected chi connectivity index (χ1v) is 13.8. The van der Waals surface area contributed by atoms with E-state index in [1.807, 2.05) is 13.8 Å². The molecule has 0 bridgehead atoms. The van der Waals surface area contributed by atoms with Gasteiger partial charge in [-0.15, -0.1) is 0 Å². The van der Waals surface area contributed by atoms with Crippen LogP contribution in [0.3, 0.4) is 0 Å². The summed E-state index contributed by atoms with van der Waals surface area (Å²) in [7, 11) is 1.39. The fourth-order valence-electron chi connectivity index (χ4n) is 4.50. The summed E-state index contributed by atoms with van der Waals surface area (Å²) in [6.07, 6.45) is -0.555. The summed E-state index contributed by atoms with van der Waals surface area (Å²) in [4.78, 5) is 19.5. The van der Waals surface area contributed by atoms with Crippen LogP contribution in [0.15, 0.2) is 72.0 Å². The van der Waals surface area contributed by atoms with Gasteiger partial charge in [-0.05, 0) is 67.2 Å². The molecule has 0 saturated heterocycles. The van der Waals surface area contributed by atoms with Gasteiger partial charge >= 0.3 is 6.18 Å². The lowest BCUT2D eigenvalue weighted by molar-refractivity contribution is -0.126. The number of nitrogens with two attached hydrogens (primary N) is 1. The molecule has 7 nitrogen and oxygen atoms in total. The number of amidine groups is 1. The van der Waals surface area contributed by atoms with E-state index in [1.54, 1.807) is 6.92 Å². The van der Waals surface area contributed by atoms with Gasteiger partial charge in [-0.3, -0.25) is 20.6 Å². The van der Waals surface area contributed by atoms with Gasteiger partial charge in [0.05, 0.1) is 17.3 Å². The van der Waals surface area contributed by atoms with E-state index in [1.165, 1.54) is 36.4 Å². The van der Waals surface area contributed by atoms with Crippen LogP contribution in [0.5, 0.6) is 0 Å². The zero-order valence-electron chi connectivity index (χ0n) is 25.3. The molecule has 0 aliphatic heterocycles. The van der Waals surface area contributed by atoms with Crippen molar-refractivity contribution in [3.63, 3.8) is 0 Å². The SMILES string of the molecule is C=C/C(=C(\N=CC)[C@H](Cc1cc(F)cc(F)c1)NC(=O)[C@@H](CC(C)C)N(C)/C=C\C(=N)C(F)(F)F)c1ccc(F)c(C(=N)N)c1. The Morgan fingerprint density at radius 2 is 1.73 bits per heavy atom. The molecule has 0 aliphatic rings. The minimum atomic E-state index is -4.87. The lowest BCUT2D eigenvalue weighted by Crippen LogP contribution is -2.48. The summed E-state index contributed by atoms with van der Waals surface area (Å²) >= 11 is 0. The lowest BCUT2D eigenvalue weighted by atomic mass is 9.94.